The number of aliphatic hydroxyl groups excluding tert-OH is 1. The van der Waals surface area contributed by atoms with E-state index in [-0.39, 0.29) is 18.6 Å². The highest BCUT2D eigenvalue weighted by Crippen LogP contribution is 2.33. The second-order valence-electron chi connectivity index (χ2n) is 3.72. The molecule has 3 nitrogen and oxygen atoms in total. The fourth-order valence-electron chi connectivity index (χ4n) is 1.93. The third-order valence-corrected chi connectivity index (χ3v) is 4.22. The molecule has 1 aromatic rings. The normalized spacial score (nSPS) is 20.4. The van der Waals surface area contributed by atoms with Gasteiger partial charge in [0.2, 0.25) is 0 Å². The molecule has 0 spiro atoms. The molecule has 1 aliphatic rings. The predicted octanol–water partition coefficient (Wildman–Crippen LogP) is 2.65. The van der Waals surface area contributed by atoms with Gasteiger partial charge in [0.05, 0.1) is 22.5 Å². The lowest BCUT2D eigenvalue weighted by atomic mass is 10.2. The topological polar surface area (TPSA) is 40.5 Å². The van der Waals surface area contributed by atoms with Gasteiger partial charge in [-0.05, 0) is 18.9 Å². The second-order valence-corrected chi connectivity index (χ2v) is 6.00. The van der Waals surface area contributed by atoms with Gasteiger partial charge < -0.3 is 10.0 Å². The summed E-state index contributed by atoms with van der Waals surface area (Å²) in [6.07, 6.45) is 1.77. The van der Waals surface area contributed by atoms with Crippen LogP contribution >= 0.6 is 34.5 Å². The van der Waals surface area contributed by atoms with E-state index in [0.29, 0.717) is 20.8 Å². The van der Waals surface area contributed by atoms with Gasteiger partial charge in [-0.15, -0.1) is 11.3 Å². The van der Waals surface area contributed by atoms with Crippen molar-refractivity contribution >= 4 is 40.4 Å². The Hall–Kier alpha value is -0.290. The van der Waals surface area contributed by atoms with Gasteiger partial charge in [-0.1, -0.05) is 23.2 Å². The third-order valence-electron chi connectivity index (χ3n) is 2.74. The molecule has 1 aliphatic heterocycles. The number of hydrogen-bond donors (Lipinski definition) is 1. The lowest BCUT2D eigenvalue weighted by Gasteiger charge is -2.22. The number of carbonyl (C=O) groups excluding carboxylic acids is 1. The predicted molar refractivity (Wildman–Crippen MR) is 65.5 cm³/mol. The van der Waals surface area contributed by atoms with Crippen molar-refractivity contribution in [3.05, 3.63) is 20.3 Å². The highest BCUT2D eigenvalue weighted by atomic mass is 35.5. The minimum atomic E-state index is -0.135. The van der Waals surface area contributed by atoms with E-state index in [0.717, 1.165) is 12.8 Å². The van der Waals surface area contributed by atoms with Crippen LogP contribution < -0.4 is 0 Å². The van der Waals surface area contributed by atoms with E-state index in [4.69, 9.17) is 28.3 Å². The molecule has 1 amide bonds. The summed E-state index contributed by atoms with van der Waals surface area (Å²) in [5.41, 5.74) is 0.442. The first kappa shape index (κ1) is 12.2. The van der Waals surface area contributed by atoms with Crippen molar-refractivity contribution in [2.75, 3.05) is 13.2 Å². The van der Waals surface area contributed by atoms with Crippen LogP contribution in [0.25, 0.3) is 0 Å². The van der Waals surface area contributed by atoms with Gasteiger partial charge in [0, 0.05) is 6.54 Å². The summed E-state index contributed by atoms with van der Waals surface area (Å²) in [6, 6.07) is 1.51. The Balaban J connectivity index is 2.21. The molecule has 88 valence electrons. The Morgan fingerprint density at radius 1 is 1.62 bits per heavy atom. The van der Waals surface area contributed by atoms with E-state index in [1.165, 1.54) is 11.3 Å². The van der Waals surface area contributed by atoms with Crippen molar-refractivity contribution in [3.63, 3.8) is 0 Å². The van der Waals surface area contributed by atoms with Crippen LogP contribution in [-0.4, -0.2) is 35.1 Å². The average Bonchev–Trinajstić information content (AvgIpc) is 2.83. The fourth-order valence-corrected chi connectivity index (χ4v) is 3.38. The maximum Gasteiger partial charge on any atom is 0.256 e. The minimum absolute atomic E-state index is 0.00122. The summed E-state index contributed by atoms with van der Waals surface area (Å²) >= 11 is 12.9. The van der Waals surface area contributed by atoms with Crippen LogP contribution in [0.4, 0.5) is 0 Å². The summed E-state index contributed by atoms with van der Waals surface area (Å²) in [5.74, 6) is -0.135. The SMILES string of the molecule is O=C(c1cc(Cl)sc1Cl)N1CCC[C@H]1CO. The average molecular weight is 280 g/mol. The molecule has 0 aromatic carbocycles. The molecule has 1 N–H and O–H groups in total. The zero-order valence-electron chi connectivity index (χ0n) is 8.45. The molecule has 2 rings (SSSR count). The fraction of sp³-hybridized carbons (Fsp3) is 0.500. The molecule has 0 unspecified atom stereocenters. The molecule has 16 heavy (non-hydrogen) atoms. The van der Waals surface area contributed by atoms with E-state index in [9.17, 15) is 4.79 Å². The molecule has 0 radical (unpaired) electrons. The Labute approximate surface area is 108 Å². The van der Waals surface area contributed by atoms with Crippen LogP contribution in [0.3, 0.4) is 0 Å². The Kier molecular flexibility index (Phi) is 3.74. The molecule has 0 saturated carbocycles. The molecule has 0 aliphatic carbocycles. The number of halogens is 2. The lowest BCUT2D eigenvalue weighted by Crippen LogP contribution is -2.37. The number of thiophene rings is 1. The number of amides is 1. The Bertz CT molecular complexity index is 408. The molecule has 6 heteroatoms. The van der Waals surface area contributed by atoms with E-state index >= 15 is 0 Å². The van der Waals surface area contributed by atoms with Crippen LogP contribution in [0, 0.1) is 0 Å². The lowest BCUT2D eigenvalue weighted by molar-refractivity contribution is 0.0678. The van der Waals surface area contributed by atoms with E-state index in [1.54, 1.807) is 11.0 Å². The molecule has 1 atom stereocenters. The van der Waals surface area contributed by atoms with Gasteiger partial charge >= 0.3 is 0 Å². The van der Waals surface area contributed by atoms with Crippen LogP contribution in [-0.2, 0) is 0 Å². The maximum atomic E-state index is 12.1. The molecule has 0 bridgehead atoms. The van der Waals surface area contributed by atoms with Crippen molar-refractivity contribution in [1.82, 2.24) is 4.90 Å². The monoisotopic (exact) mass is 279 g/mol. The van der Waals surface area contributed by atoms with Crippen LogP contribution in [0.1, 0.15) is 23.2 Å². The number of carbonyl (C=O) groups is 1. The molecular weight excluding hydrogens is 269 g/mol. The first-order valence-corrected chi connectivity index (χ1v) is 6.57. The summed E-state index contributed by atoms with van der Waals surface area (Å²) in [7, 11) is 0. The summed E-state index contributed by atoms with van der Waals surface area (Å²) in [5, 5.41) is 9.16. The first-order valence-electron chi connectivity index (χ1n) is 5.00. The summed E-state index contributed by atoms with van der Waals surface area (Å²) in [6.45, 7) is 0.676. The van der Waals surface area contributed by atoms with Gasteiger partial charge in [0.1, 0.15) is 4.34 Å². The third kappa shape index (κ3) is 2.20. The Morgan fingerprint density at radius 2 is 2.38 bits per heavy atom. The minimum Gasteiger partial charge on any atom is -0.394 e. The number of likely N-dealkylation sites (tertiary alicyclic amines) is 1. The second kappa shape index (κ2) is 4.92. The number of rotatable bonds is 2. The Morgan fingerprint density at radius 3 is 2.94 bits per heavy atom. The zero-order chi connectivity index (χ0) is 11.7. The molecule has 1 fully saturated rings. The highest BCUT2D eigenvalue weighted by molar-refractivity contribution is 7.20. The van der Waals surface area contributed by atoms with E-state index < -0.39 is 0 Å². The van der Waals surface area contributed by atoms with Crippen molar-refractivity contribution in [2.24, 2.45) is 0 Å². The smallest absolute Gasteiger partial charge is 0.256 e. The summed E-state index contributed by atoms with van der Waals surface area (Å²) in [4.78, 5) is 13.8. The largest absolute Gasteiger partial charge is 0.394 e. The van der Waals surface area contributed by atoms with Crippen molar-refractivity contribution in [3.8, 4) is 0 Å². The van der Waals surface area contributed by atoms with Crippen LogP contribution in [0.5, 0.6) is 0 Å². The van der Waals surface area contributed by atoms with Crippen molar-refractivity contribution < 1.29 is 9.90 Å². The van der Waals surface area contributed by atoms with Gasteiger partial charge in [-0.25, -0.2) is 0 Å². The zero-order valence-corrected chi connectivity index (χ0v) is 10.8. The van der Waals surface area contributed by atoms with Crippen LogP contribution in [0.15, 0.2) is 6.07 Å². The molecular formula is C10H11Cl2NO2S. The van der Waals surface area contributed by atoms with E-state index in [1.807, 2.05) is 0 Å². The molecule has 1 saturated heterocycles. The number of hydrogen-bond acceptors (Lipinski definition) is 3. The first-order chi connectivity index (χ1) is 7.63. The van der Waals surface area contributed by atoms with Crippen molar-refractivity contribution in [2.45, 2.75) is 18.9 Å². The molecule has 1 aromatic heterocycles. The van der Waals surface area contributed by atoms with Gasteiger partial charge in [-0.2, -0.15) is 0 Å². The van der Waals surface area contributed by atoms with Crippen molar-refractivity contribution in [1.29, 1.82) is 0 Å². The highest BCUT2D eigenvalue weighted by Gasteiger charge is 2.30. The van der Waals surface area contributed by atoms with Gasteiger partial charge in [-0.3, -0.25) is 4.79 Å². The van der Waals surface area contributed by atoms with E-state index in [2.05, 4.69) is 0 Å². The standard InChI is InChI=1S/C10H11Cl2NO2S/c11-8-4-7(9(12)16-8)10(15)13-3-1-2-6(13)5-14/h4,6,14H,1-3,5H2/t6-/m0/s1. The quantitative estimate of drug-likeness (QED) is 0.904. The van der Waals surface area contributed by atoms with Gasteiger partial charge in [0.25, 0.3) is 5.91 Å². The molecule has 2 heterocycles. The van der Waals surface area contributed by atoms with Gasteiger partial charge in [0.15, 0.2) is 0 Å². The number of aliphatic hydroxyl groups is 1. The maximum absolute atomic E-state index is 12.1. The number of nitrogens with zero attached hydrogens (tertiary/aromatic N) is 1. The van der Waals surface area contributed by atoms with Crippen LogP contribution in [0.2, 0.25) is 8.67 Å². The summed E-state index contributed by atoms with van der Waals surface area (Å²) < 4.78 is 0.923.